The van der Waals surface area contributed by atoms with Crippen LogP contribution in [0.15, 0.2) is 22.7 Å². The number of benzene rings is 1. The maximum atomic E-state index is 5.96. The minimum absolute atomic E-state index is 0.346. The zero-order valence-corrected chi connectivity index (χ0v) is 10.9. The highest BCUT2D eigenvalue weighted by Crippen LogP contribution is 2.24. The van der Waals surface area contributed by atoms with Gasteiger partial charge in [-0.05, 0) is 30.7 Å². The van der Waals surface area contributed by atoms with Crippen LogP contribution in [0, 0.1) is 6.92 Å². The zero-order chi connectivity index (χ0) is 13.1. The summed E-state index contributed by atoms with van der Waals surface area (Å²) in [4.78, 5) is 4.24. The summed E-state index contributed by atoms with van der Waals surface area (Å²) in [6.07, 6.45) is 0. The summed E-state index contributed by atoms with van der Waals surface area (Å²) in [7, 11) is 1.57. The Kier molecular flexibility index (Phi) is 3.96. The summed E-state index contributed by atoms with van der Waals surface area (Å²) in [5, 5.41) is 4.54. The maximum Gasteiger partial charge on any atom is 0.257 e. The monoisotopic (exact) mass is 267 g/mol. The van der Waals surface area contributed by atoms with Crippen LogP contribution in [0.2, 0.25) is 5.02 Å². The molecule has 0 bridgehead atoms. The molecule has 0 spiro atoms. The van der Waals surface area contributed by atoms with Gasteiger partial charge in [-0.3, -0.25) is 0 Å². The van der Waals surface area contributed by atoms with Gasteiger partial charge in [-0.15, -0.1) is 0 Å². The Hall–Kier alpha value is -1.43. The molecule has 1 aromatic carbocycles. The Labute approximate surface area is 110 Å². The highest BCUT2D eigenvalue weighted by molar-refractivity contribution is 6.31. The zero-order valence-electron chi connectivity index (χ0n) is 10.2. The third kappa shape index (κ3) is 2.69. The lowest BCUT2D eigenvalue weighted by Gasteiger charge is -2.03. The Morgan fingerprint density at radius 1 is 1.50 bits per heavy atom. The van der Waals surface area contributed by atoms with Crippen LogP contribution in [0.5, 0.6) is 0 Å². The van der Waals surface area contributed by atoms with Crippen molar-refractivity contribution in [3.63, 3.8) is 0 Å². The molecule has 0 saturated heterocycles. The molecular weight excluding hydrogens is 254 g/mol. The smallest absolute Gasteiger partial charge is 0.257 e. The van der Waals surface area contributed by atoms with E-state index in [4.69, 9.17) is 26.6 Å². The molecule has 0 amide bonds. The van der Waals surface area contributed by atoms with E-state index in [1.807, 2.05) is 19.1 Å². The second-order valence-corrected chi connectivity index (χ2v) is 4.39. The molecule has 1 heterocycles. The van der Waals surface area contributed by atoms with Crippen LogP contribution in [0.4, 0.5) is 0 Å². The molecule has 1 unspecified atom stereocenters. The van der Waals surface area contributed by atoms with Gasteiger partial charge in [-0.2, -0.15) is 4.98 Å². The topological polar surface area (TPSA) is 74.2 Å². The van der Waals surface area contributed by atoms with Gasteiger partial charge in [0.15, 0.2) is 5.82 Å². The number of hydrogen-bond acceptors (Lipinski definition) is 5. The maximum absolute atomic E-state index is 5.96. The van der Waals surface area contributed by atoms with E-state index in [0.717, 1.165) is 11.1 Å². The first-order valence-corrected chi connectivity index (χ1v) is 5.84. The average Bonchev–Trinajstić information content (AvgIpc) is 2.82. The summed E-state index contributed by atoms with van der Waals surface area (Å²) >= 11 is 5.96. The molecule has 18 heavy (non-hydrogen) atoms. The molecule has 2 rings (SSSR count). The molecule has 1 aromatic heterocycles. The van der Waals surface area contributed by atoms with Gasteiger partial charge in [0.2, 0.25) is 0 Å². The molecule has 0 aliphatic heterocycles. The molecule has 1 atom stereocenters. The average molecular weight is 268 g/mol. The van der Waals surface area contributed by atoms with Gasteiger partial charge in [0.25, 0.3) is 5.89 Å². The first kappa shape index (κ1) is 13.0. The molecular formula is C12H14ClN3O2. The van der Waals surface area contributed by atoms with Crippen molar-refractivity contribution in [3.8, 4) is 11.5 Å². The van der Waals surface area contributed by atoms with Crippen LogP contribution in [0.1, 0.15) is 17.4 Å². The lowest BCUT2D eigenvalue weighted by atomic mass is 10.1. The van der Waals surface area contributed by atoms with Crippen LogP contribution in [-0.4, -0.2) is 23.9 Å². The summed E-state index contributed by atoms with van der Waals surface area (Å²) < 4.78 is 10.1. The van der Waals surface area contributed by atoms with Crippen LogP contribution >= 0.6 is 11.6 Å². The first-order valence-electron chi connectivity index (χ1n) is 5.46. The van der Waals surface area contributed by atoms with E-state index in [1.54, 1.807) is 13.2 Å². The molecule has 2 aromatic rings. The van der Waals surface area contributed by atoms with Gasteiger partial charge in [0, 0.05) is 17.7 Å². The molecule has 0 aliphatic carbocycles. The van der Waals surface area contributed by atoms with Crippen molar-refractivity contribution in [2.45, 2.75) is 13.0 Å². The van der Waals surface area contributed by atoms with Crippen LogP contribution < -0.4 is 5.73 Å². The van der Waals surface area contributed by atoms with E-state index >= 15 is 0 Å². The first-order chi connectivity index (χ1) is 8.61. The Morgan fingerprint density at radius 2 is 2.28 bits per heavy atom. The molecule has 0 saturated carbocycles. The minimum Gasteiger partial charge on any atom is -0.383 e. The Bertz CT molecular complexity index is 542. The summed E-state index contributed by atoms with van der Waals surface area (Å²) in [6, 6.07) is 5.13. The predicted octanol–water partition coefficient (Wildman–Crippen LogP) is 2.34. The molecule has 0 radical (unpaired) electrons. The largest absolute Gasteiger partial charge is 0.383 e. The van der Waals surface area contributed by atoms with Gasteiger partial charge >= 0.3 is 0 Å². The third-order valence-electron chi connectivity index (χ3n) is 2.52. The van der Waals surface area contributed by atoms with Crippen molar-refractivity contribution < 1.29 is 9.26 Å². The van der Waals surface area contributed by atoms with E-state index in [-0.39, 0.29) is 6.04 Å². The lowest BCUT2D eigenvalue weighted by Crippen LogP contribution is -2.17. The van der Waals surface area contributed by atoms with Crippen molar-refractivity contribution in [2.75, 3.05) is 13.7 Å². The van der Waals surface area contributed by atoms with E-state index in [1.165, 1.54) is 0 Å². The van der Waals surface area contributed by atoms with Crippen molar-refractivity contribution in [3.05, 3.63) is 34.6 Å². The standard InChI is InChI=1S/C12H14ClN3O2/c1-7-5-8(3-4-9(7)13)12-15-11(16-18-12)10(14)6-17-2/h3-5,10H,6,14H2,1-2H3. The molecule has 96 valence electrons. The van der Waals surface area contributed by atoms with Gasteiger partial charge in [0.1, 0.15) is 0 Å². The van der Waals surface area contributed by atoms with E-state index in [0.29, 0.717) is 23.3 Å². The Balaban J connectivity index is 2.26. The van der Waals surface area contributed by atoms with Gasteiger partial charge in [-0.25, -0.2) is 0 Å². The summed E-state index contributed by atoms with van der Waals surface area (Å²) in [5.41, 5.74) is 7.59. The van der Waals surface area contributed by atoms with Gasteiger partial charge in [0.05, 0.1) is 12.6 Å². The van der Waals surface area contributed by atoms with Crippen LogP contribution in [-0.2, 0) is 4.74 Å². The summed E-state index contributed by atoms with van der Waals surface area (Å²) in [5.74, 6) is 0.857. The molecule has 6 heteroatoms. The fraction of sp³-hybridized carbons (Fsp3) is 0.333. The van der Waals surface area contributed by atoms with Gasteiger partial charge < -0.3 is 15.0 Å². The molecule has 0 aliphatic rings. The fourth-order valence-electron chi connectivity index (χ4n) is 1.53. The molecule has 0 fully saturated rings. The Morgan fingerprint density at radius 3 is 2.94 bits per heavy atom. The number of aromatic nitrogens is 2. The number of nitrogens with zero attached hydrogens (tertiary/aromatic N) is 2. The van der Waals surface area contributed by atoms with Crippen molar-refractivity contribution in [2.24, 2.45) is 5.73 Å². The second-order valence-electron chi connectivity index (χ2n) is 3.98. The van der Waals surface area contributed by atoms with Crippen molar-refractivity contribution in [1.29, 1.82) is 0 Å². The SMILES string of the molecule is COCC(N)c1noc(-c2ccc(Cl)c(C)c2)n1. The van der Waals surface area contributed by atoms with E-state index < -0.39 is 0 Å². The van der Waals surface area contributed by atoms with Gasteiger partial charge in [-0.1, -0.05) is 16.8 Å². The number of aryl methyl sites for hydroxylation is 1. The highest BCUT2D eigenvalue weighted by atomic mass is 35.5. The van der Waals surface area contributed by atoms with Crippen molar-refractivity contribution in [1.82, 2.24) is 10.1 Å². The fourth-order valence-corrected chi connectivity index (χ4v) is 1.65. The number of halogens is 1. The van der Waals surface area contributed by atoms with E-state index in [9.17, 15) is 0 Å². The number of hydrogen-bond donors (Lipinski definition) is 1. The minimum atomic E-state index is -0.388. The highest BCUT2D eigenvalue weighted by Gasteiger charge is 2.15. The van der Waals surface area contributed by atoms with E-state index in [2.05, 4.69) is 10.1 Å². The normalized spacial score (nSPS) is 12.7. The number of ether oxygens (including phenoxy) is 1. The number of methoxy groups -OCH3 is 1. The molecule has 2 N–H and O–H groups in total. The number of nitrogens with two attached hydrogens (primary N) is 1. The quantitative estimate of drug-likeness (QED) is 0.920. The van der Waals surface area contributed by atoms with Crippen molar-refractivity contribution >= 4 is 11.6 Å². The van der Waals surface area contributed by atoms with Crippen LogP contribution in [0.25, 0.3) is 11.5 Å². The summed E-state index contributed by atoms with van der Waals surface area (Å²) in [6.45, 7) is 2.26. The third-order valence-corrected chi connectivity index (χ3v) is 2.95. The predicted molar refractivity (Wildman–Crippen MR) is 68.3 cm³/mol. The second kappa shape index (κ2) is 5.48. The molecule has 5 nitrogen and oxygen atoms in total. The van der Waals surface area contributed by atoms with Crippen LogP contribution in [0.3, 0.4) is 0 Å². The number of rotatable bonds is 4. The lowest BCUT2D eigenvalue weighted by molar-refractivity contribution is 0.177.